The van der Waals surface area contributed by atoms with E-state index in [1.165, 1.54) is 0 Å². The summed E-state index contributed by atoms with van der Waals surface area (Å²) in [6.07, 6.45) is -4.43. The zero-order valence-electron chi connectivity index (χ0n) is 8.03. The molecule has 1 N–H and O–H groups in total. The van der Waals surface area contributed by atoms with Crippen molar-refractivity contribution >= 4 is 28.9 Å². The molecule has 0 aliphatic rings. The van der Waals surface area contributed by atoms with Gasteiger partial charge in [0.05, 0.1) is 10.7 Å². The van der Waals surface area contributed by atoms with E-state index in [0.717, 1.165) is 6.07 Å². The van der Waals surface area contributed by atoms with E-state index in [2.05, 4.69) is 15.0 Å². The molecular weight excluding hydrogens is 268 g/mol. The lowest BCUT2D eigenvalue weighted by Gasteiger charge is -2.11. The molecule has 0 aliphatic carbocycles. The Labute approximate surface area is 99.5 Å². The molecule has 0 aromatic carbocycles. The van der Waals surface area contributed by atoms with Crippen molar-refractivity contribution < 1.29 is 17.9 Å². The van der Waals surface area contributed by atoms with E-state index in [9.17, 15) is 13.2 Å². The summed E-state index contributed by atoms with van der Waals surface area (Å²) < 4.78 is 40.0. The van der Waals surface area contributed by atoms with E-state index in [1.807, 2.05) is 0 Å². The topological polar surface area (TPSA) is 34.1 Å². The van der Waals surface area contributed by atoms with E-state index in [4.69, 9.17) is 23.2 Å². The van der Waals surface area contributed by atoms with Gasteiger partial charge in [0, 0.05) is 13.1 Å². The Morgan fingerprint density at radius 3 is 2.50 bits per heavy atom. The summed E-state index contributed by atoms with van der Waals surface area (Å²) in [4.78, 5) is 3.60. The molecule has 8 heteroatoms. The molecule has 90 valence electrons. The van der Waals surface area contributed by atoms with Crippen LogP contribution >= 0.6 is 23.2 Å². The number of aromatic nitrogens is 1. The van der Waals surface area contributed by atoms with Crippen molar-refractivity contribution in [1.29, 1.82) is 0 Å². The molecule has 16 heavy (non-hydrogen) atoms. The molecule has 0 fully saturated rings. The summed E-state index contributed by atoms with van der Waals surface area (Å²) in [5.74, 6) is -0.272. The minimum absolute atomic E-state index is 0.0489. The van der Waals surface area contributed by atoms with Crippen molar-refractivity contribution in [3.8, 4) is 5.88 Å². The van der Waals surface area contributed by atoms with Gasteiger partial charge in [-0.2, -0.15) is 18.2 Å². The molecule has 1 aromatic rings. The van der Waals surface area contributed by atoms with Gasteiger partial charge in [-0.15, -0.1) is 0 Å². The van der Waals surface area contributed by atoms with Gasteiger partial charge in [-0.3, -0.25) is 0 Å². The molecule has 0 atom stereocenters. The molecule has 3 nitrogen and oxygen atoms in total. The first-order chi connectivity index (χ1) is 7.33. The van der Waals surface area contributed by atoms with Gasteiger partial charge < -0.3 is 10.1 Å². The number of anilines is 1. The van der Waals surface area contributed by atoms with Crippen molar-refractivity contribution in [2.24, 2.45) is 0 Å². The molecule has 0 amide bonds. The normalized spacial score (nSPS) is 11.4. The molecule has 1 rings (SSSR count). The maximum atomic E-state index is 11.9. The number of nitrogens with one attached hydrogen (secondary N) is 1. The molecule has 0 spiro atoms. The minimum Gasteiger partial charge on any atom is -0.468 e. The Morgan fingerprint density at radius 2 is 2.06 bits per heavy atom. The lowest BCUT2D eigenvalue weighted by atomic mass is 10.4. The number of hydrogen-bond acceptors (Lipinski definition) is 3. The Hall–Kier alpha value is -0.880. The highest BCUT2D eigenvalue weighted by Gasteiger charge is 2.28. The van der Waals surface area contributed by atoms with Crippen LogP contribution in [0.15, 0.2) is 6.07 Å². The first-order valence-electron chi connectivity index (χ1n) is 4.07. The van der Waals surface area contributed by atoms with Crippen LogP contribution in [0, 0.1) is 0 Å². The number of alkyl halides is 3. The van der Waals surface area contributed by atoms with Crippen molar-refractivity contribution in [2.45, 2.75) is 6.18 Å². The molecule has 0 unspecified atom stereocenters. The van der Waals surface area contributed by atoms with Crippen LogP contribution in [0.1, 0.15) is 0 Å². The Bertz CT molecular complexity index is 361. The number of nitrogens with zero attached hydrogens (tertiary/aromatic N) is 1. The van der Waals surface area contributed by atoms with Gasteiger partial charge in [0.1, 0.15) is 0 Å². The zero-order valence-corrected chi connectivity index (χ0v) is 9.54. The van der Waals surface area contributed by atoms with Crippen LogP contribution in [0.3, 0.4) is 0 Å². The fourth-order valence-corrected chi connectivity index (χ4v) is 1.52. The lowest BCUT2D eigenvalue weighted by molar-refractivity contribution is -0.154. The summed E-state index contributed by atoms with van der Waals surface area (Å²) in [7, 11) is 1.56. The predicted molar refractivity (Wildman–Crippen MR) is 55.4 cm³/mol. The average Bonchev–Trinajstić information content (AvgIpc) is 2.13. The minimum atomic E-state index is -4.43. The van der Waals surface area contributed by atoms with Crippen LogP contribution in [0.25, 0.3) is 0 Å². The van der Waals surface area contributed by atoms with Gasteiger partial charge in [-0.1, -0.05) is 23.2 Å². The summed E-state index contributed by atoms with van der Waals surface area (Å²) >= 11 is 11.4. The highest BCUT2D eigenvalue weighted by molar-refractivity contribution is 6.38. The van der Waals surface area contributed by atoms with Gasteiger partial charge in [0.25, 0.3) is 0 Å². The number of hydrogen-bond donors (Lipinski definition) is 1. The third-order valence-electron chi connectivity index (χ3n) is 1.54. The van der Waals surface area contributed by atoms with Crippen LogP contribution in [0.5, 0.6) is 5.88 Å². The van der Waals surface area contributed by atoms with Crippen LogP contribution in [0.4, 0.5) is 18.9 Å². The lowest BCUT2D eigenvalue weighted by Crippen LogP contribution is -2.19. The molecule has 0 radical (unpaired) electrons. The first-order valence-corrected chi connectivity index (χ1v) is 4.82. The van der Waals surface area contributed by atoms with Gasteiger partial charge >= 0.3 is 6.18 Å². The highest BCUT2D eigenvalue weighted by Crippen LogP contribution is 2.31. The second kappa shape index (κ2) is 4.97. The van der Waals surface area contributed by atoms with Crippen LogP contribution < -0.4 is 10.1 Å². The van der Waals surface area contributed by atoms with Gasteiger partial charge in [0.15, 0.2) is 11.8 Å². The van der Waals surface area contributed by atoms with E-state index in [0.29, 0.717) is 5.69 Å². The predicted octanol–water partition coefficient (Wildman–Crippen LogP) is 3.37. The molecule has 0 saturated carbocycles. The monoisotopic (exact) mass is 274 g/mol. The van der Waals surface area contributed by atoms with Crippen molar-refractivity contribution in [2.75, 3.05) is 19.0 Å². The second-order valence-corrected chi connectivity index (χ2v) is 3.53. The standard InChI is InChI=1S/C8H7Cl2F3N2O/c1-14-6-4(9)2-5(15-7(6)10)16-3-8(11,12)13/h2,14H,3H2,1H3. The van der Waals surface area contributed by atoms with Crippen LogP contribution in [0.2, 0.25) is 10.2 Å². The van der Waals surface area contributed by atoms with E-state index in [-0.39, 0.29) is 16.1 Å². The fourth-order valence-electron chi connectivity index (χ4n) is 0.916. The van der Waals surface area contributed by atoms with Gasteiger partial charge in [-0.25, -0.2) is 0 Å². The van der Waals surface area contributed by atoms with Crippen LogP contribution in [-0.4, -0.2) is 24.8 Å². The Balaban J connectivity index is 2.84. The largest absolute Gasteiger partial charge is 0.468 e. The molecule has 0 bridgehead atoms. The highest BCUT2D eigenvalue weighted by atomic mass is 35.5. The first kappa shape index (κ1) is 13.2. The van der Waals surface area contributed by atoms with E-state index < -0.39 is 12.8 Å². The van der Waals surface area contributed by atoms with Gasteiger partial charge in [-0.05, 0) is 0 Å². The SMILES string of the molecule is CNc1c(Cl)cc(OCC(F)(F)F)nc1Cl. The van der Waals surface area contributed by atoms with Crippen molar-refractivity contribution in [3.05, 3.63) is 16.2 Å². The molecule has 0 saturated heterocycles. The maximum absolute atomic E-state index is 11.9. The summed E-state index contributed by atoms with van der Waals surface area (Å²) in [5, 5.41) is 2.75. The van der Waals surface area contributed by atoms with E-state index >= 15 is 0 Å². The molecule has 1 aromatic heterocycles. The van der Waals surface area contributed by atoms with Gasteiger partial charge in [0.2, 0.25) is 5.88 Å². The maximum Gasteiger partial charge on any atom is 0.422 e. The second-order valence-electron chi connectivity index (χ2n) is 2.76. The van der Waals surface area contributed by atoms with Crippen molar-refractivity contribution in [1.82, 2.24) is 4.98 Å². The number of halogens is 5. The molecule has 0 aliphatic heterocycles. The number of pyridine rings is 1. The van der Waals surface area contributed by atoms with E-state index in [1.54, 1.807) is 7.05 Å². The smallest absolute Gasteiger partial charge is 0.422 e. The third-order valence-corrected chi connectivity index (χ3v) is 2.11. The van der Waals surface area contributed by atoms with Crippen LogP contribution in [-0.2, 0) is 0 Å². The summed E-state index contributed by atoms with van der Waals surface area (Å²) in [6, 6.07) is 1.16. The quantitative estimate of drug-likeness (QED) is 0.859. The fraction of sp³-hybridized carbons (Fsp3) is 0.375. The summed E-state index contributed by atoms with van der Waals surface area (Å²) in [6.45, 7) is -1.44. The molecular formula is C8H7Cl2F3N2O. The van der Waals surface area contributed by atoms with Crippen molar-refractivity contribution in [3.63, 3.8) is 0 Å². The zero-order chi connectivity index (χ0) is 12.3. The Kier molecular flexibility index (Phi) is 4.09. The number of rotatable bonds is 3. The number of ether oxygens (including phenoxy) is 1. The molecule has 1 heterocycles. The third kappa shape index (κ3) is 3.61. The Morgan fingerprint density at radius 1 is 1.44 bits per heavy atom. The average molecular weight is 275 g/mol. The summed E-state index contributed by atoms with van der Waals surface area (Å²) in [5.41, 5.74) is 0.336.